The number of rotatable bonds is 3. The molecule has 102 valence electrons. The van der Waals surface area contributed by atoms with Gasteiger partial charge in [-0.15, -0.1) is 0 Å². The molecule has 0 spiro atoms. The summed E-state index contributed by atoms with van der Waals surface area (Å²) in [6.45, 7) is 1.71. The lowest BCUT2D eigenvalue weighted by Crippen LogP contribution is -2.24. The van der Waals surface area contributed by atoms with Crippen molar-refractivity contribution < 1.29 is 5.11 Å². The number of nitriles is 1. The van der Waals surface area contributed by atoms with Gasteiger partial charge in [0.25, 0.3) is 0 Å². The molecule has 0 radical (unpaired) electrons. The van der Waals surface area contributed by atoms with E-state index in [0.29, 0.717) is 22.0 Å². The predicted molar refractivity (Wildman–Crippen MR) is 80.9 cm³/mol. The van der Waals surface area contributed by atoms with Crippen LogP contribution in [0.2, 0.25) is 10.0 Å². The van der Waals surface area contributed by atoms with E-state index in [2.05, 4.69) is 6.07 Å². The number of nitrogens with zero attached hydrogens (tertiary/aromatic N) is 1. The summed E-state index contributed by atoms with van der Waals surface area (Å²) in [5, 5.41) is 20.4. The van der Waals surface area contributed by atoms with Crippen molar-refractivity contribution in [3.63, 3.8) is 0 Å². The third-order valence-corrected chi connectivity index (χ3v) is 4.06. The Kier molecular flexibility index (Phi) is 4.35. The molecule has 0 aliphatic heterocycles. The van der Waals surface area contributed by atoms with Crippen LogP contribution in [0.4, 0.5) is 0 Å². The lowest BCUT2D eigenvalue weighted by Gasteiger charge is -2.24. The van der Waals surface area contributed by atoms with E-state index in [-0.39, 0.29) is 0 Å². The summed E-state index contributed by atoms with van der Waals surface area (Å²) < 4.78 is 0. The summed E-state index contributed by atoms with van der Waals surface area (Å²) in [5.74, 6) is 0. The van der Waals surface area contributed by atoms with E-state index in [1.165, 1.54) is 0 Å². The van der Waals surface area contributed by atoms with E-state index in [4.69, 9.17) is 28.5 Å². The van der Waals surface area contributed by atoms with Crippen molar-refractivity contribution >= 4 is 23.2 Å². The zero-order valence-electron chi connectivity index (χ0n) is 10.9. The molecule has 0 saturated carbocycles. The van der Waals surface area contributed by atoms with Crippen LogP contribution in [0.25, 0.3) is 0 Å². The minimum absolute atomic E-state index is 0.346. The first kappa shape index (κ1) is 14.9. The van der Waals surface area contributed by atoms with Crippen LogP contribution in [0, 0.1) is 11.3 Å². The second-order valence-electron chi connectivity index (χ2n) is 4.85. The minimum Gasteiger partial charge on any atom is -0.385 e. The fourth-order valence-electron chi connectivity index (χ4n) is 2.06. The van der Waals surface area contributed by atoms with Gasteiger partial charge in [-0.05, 0) is 36.2 Å². The Morgan fingerprint density at radius 3 is 2.40 bits per heavy atom. The highest BCUT2D eigenvalue weighted by Crippen LogP contribution is 2.32. The molecule has 0 bridgehead atoms. The molecular weight excluding hydrogens is 293 g/mol. The van der Waals surface area contributed by atoms with Crippen molar-refractivity contribution in [3.05, 3.63) is 69.2 Å². The highest BCUT2D eigenvalue weighted by atomic mass is 35.5. The number of halogens is 2. The van der Waals surface area contributed by atoms with Crippen LogP contribution < -0.4 is 0 Å². The van der Waals surface area contributed by atoms with Crippen molar-refractivity contribution in [3.8, 4) is 6.07 Å². The first-order valence-corrected chi connectivity index (χ1v) is 6.85. The maximum absolute atomic E-state index is 10.6. The highest BCUT2D eigenvalue weighted by molar-refractivity contribution is 6.42. The van der Waals surface area contributed by atoms with Gasteiger partial charge in [-0.2, -0.15) is 5.26 Å². The summed E-state index contributed by atoms with van der Waals surface area (Å²) >= 11 is 12.1. The van der Waals surface area contributed by atoms with Crippen LogP contribution in [0.5, 0.6) is 0 Å². The molecule has 2 nitrogen and oxygen atoms in total. The number of benzene rings is 2. The summed E-state index contributed by atoms with van der Waals surface area (Å²) in [6, 6.07) is 14.3. The molecule has 1 unspecified atom stereocenters. The third-order valence-electron chi connectivity index (χ3n) is 3.20. The number of hydrogen-bond acceptors (Lipinski definition) is 2. The van der Waals surface area contributed by atoms with Gasteiger partial charge in [-0.1, -0.05) is 47.5 Å². The average Bonchev–Trinajstić information content (AvgIpc) is 2.44. The molecule has 20 heavy (non-hydrogen) atoms. The summed E-state index contributed by atoms with van der Waals surface area (Å²) in [4.78, 5) is 0. The van der Waals surface area contributed by atoms with Gasteiger partial charge in [-0.3, -0.25) is 0 Å². The quantitative estimate of drug-likeness (QED) is 0.918. The zero-order valence-corrected chi connectivity index (χ0v) is 12.4. The standard InChI is InChI=1S/C16H13Cl2NO/c1-16(20,13-7-5-11(10-19)6-8-13)9-12-3-2-4-14(17)15(12)18/h2-8,20H,9H2,1H3. The SMILES string of the molecule is CC(O)(Cc1cccc(Cl)c1Cl)c1ccc(C#N)cc1. The van der Waals surface area contributed by atoms with Crippen molar-refractivity contribution in [1.29, 1.82) is 5.26 Å². The van der Waals surface area contributed by atoms with Gasteiger partial charge in [0.15, 0.2) is 0 Å². The van der Waals surface area contributed by atoms with Gasteiger partial charge in [0.2, 0.25) is 0 Å². The van der Waals surface area contributed by atoms with Crippen molar-refractivity contribution in [2.45, 2.75) is 18.9 Å². The molecule has 2 rings (SSSR count). The normalized spacial score (nSPS) is 13.6. The van der Waals surface area contributed by atoms with E-state index in [1.807, 2.05) is 6.07 Å². The van der Waals surface area contributed by atoms with Crippen molar-refractivity contribution in [1.82, 2.24) is 0 Å². The summed E-state index contributed by atoms with van der Waals surface area (Å²) in [5.41, 5.74) is 0.994. The fraction of sp³-hybridized carbons (Fsp3) is 0.188. The lowest BCUT2D eigenvalue weighted by atomic mass is 9.88. The Hall–Kier alpha value is -1.53. The van der Waals surface area contributed by atoms with Crippen LogP contribution in [0.3, 0.4) is 0 Å². The van der Waals surface area contributed by atoms with Gasteiger partial charge in [0.05, 0.1) is 27.3 Å². The molecular formula is C16H13Cl2NO. The zero-order chi connectivity index (χ0) is 14.8. The molecule has 1 N–H and O–H groups in total. The topological polar surface area (TPSA) is 44.0 Å². The van der Waals surface area contributed by atoms with Gasteiger partial charge < -0.3 is 5.11 Å². The first-order valence-electron chi connectivity index (χ1n) is 6.10. The Balaban J connectivity index is 2.30. The van der Waals surface area contributed by atoms with Crippen LogP contribution >= 0.6 is 23.2 Å². The van der Waals surface area contributed by atoms with E-state index in [0.717, 1.165) is 11.1 Å². The smallest absolute Gasteiger partial charge is 0.0991 e. The van der Waals surface area contributed by atoms with Crippen molar-refractivity contribution in [2.24, 2.45) is 0 Å². The first-order chi connectivity index (χ1) is 9.44. The Labute approximate surface area is 128 Å². The second kappa shape index (κ2) is 5.85. The monoisotopic (exact) mass is 305 g/mol. The van der Waals surface area contributed by atoms with E-state index < -0.39 is 5.60 Å². The fourth-order valence-corrected chi connectivity index (χ4v) is 2.45. The van der Waals surface area contributed by atoms with Gasteiger partial charge in [0, 0.05) is 6.42 Å². The predicted octanol–water partition coefficient (Wildman–Crippen LogP) is 4.32. The van der Waals surface area contributed by atoms with E-state index in [1.54, 1.807) is 43.3 Å². The number of hydrogen-bond donors (Lipinski definition) is 1. The van der Waals surface area contributed by atoms with Crippen LogP contribution in [0.15, 0.2) is 42.5 Å². The molecule has 0 aliphatic rings. The molecule has 0 heterocycles. The third kappa shape index (κ3) is 3.13. The molecule has 0 aliphatic carbocycles. The molecule has 0 saturated heterocycles. The molecule has 0 fully saturated rings. The van der Waals surface area contributed by atoms with Gasteiger partial charge in [-0.25, -0.2) is 0 Å². The van der Waals surface area contributed by atoms with Gasteiger partial charge in [0.1, 0.15) is 0 Å². The maximum atomic E-state index is 10.6. The Morgan fingerprint density at radius 2 is 1.80 bits per heavy atom. The van der Waals surface area contributed by atoms with Crippen LogP contribution in [0.1, 0.15) is 23.6 Å². The molecule has 4 heteroatoms. The second-order valence-corrected chi connectivity index (χ2v) is 5.64. The lowest BCUT2D eigenvalue weighted by molar-refractivity contribution is 0.0576. The average molecular weight is 306 g/mol. The number of aliphatic hydroxyl groups is 1. The van der Waals surface area contributed by atoms with E-state index >= 15 is 0 Å². The molecule has 0 amide bonds. The molecule has 1 atom stereocenters. The molecule has 2 aromatic carbocycles. The molecule has 0 aromatic heterocycles. The van der Waals surface area contributed by atoms with Crippen molar-refractivity contribution in [2.75, 3.05) is 0 Å². The Morgan fingerprint density at radius 1 is 1.15 bits per heavy atom. The maximum Gasteiger partial charge on any atom is 0.0991 e. The minimum atomic E-state index is -1.08. The van der Waals surface area contributed by atoms with Gasteiger partial charge >= 0.3 is 0 Å². The highest BCUT2D eigenvalue weighted by Gasteiger charge is 2.25. The largest absolute Gasteiger partial charge is 0.385 e. The van der Waals surface area contributed by atoms with Crippen LogP contribution in [-0.4, -0.2) is 5.11 Å². The Bertz CT molecular complexity index is 657. The molecule has 2 aromatic rings. The van der Waals surface area contributed by atoms with E-state index in [9.17, 15) is 5.11 Å². The summed E-state index contributed by atoms with van der Waals surface area (Å²) in [7, 11) is 0. The summed E-state index contributed by atoms with van der Waals surface area (Å²) in [6.07, 6.45) is 0.346. The van der Waals surface area contributed by atoms with Crippen LogP contribution in [-0.2, 0) is 12.0 Å².